The molecule has 9 heavy (non-hydrogen) atoms. The van der Waals surface area contributed by atoms with E-state index in [1.807, 2.05) is 0 Å². The van der Waals surface area contributed by atoms with Gasteiger partial charge >= 0.3 is 0 Å². The highest BCUT2D eigenvalue weighted by atomic mass is 16.5. The first kappa shape index (κ1) is 5.94. The number of oxime groups is 1. The summed E-state index contributed by atoms with van der Waals surface area (Å²) in [5.74, 6) is 0.532. The predicted molar refractivity (Wildman–Crippen MR) is 32.1 cm³/mol. The van der Waals surface area contributed by atoms with Crippen molar-refractivity contribution in [3.63, 3.8) is 0 Å². The average Bonchev–Trinajstić information content (AvgIpc) is 2.37. The Morgan fingerprint density at radius 3 is 3.11 bits per heavy atom. The van der Waals surface area contributed by atoms with Crippen LogP contribution in [0.4, 0.5) is 0 Å². The zero-order chi connectivity index (χ0) is 6.69. The maximum absolute atomic E-state index is 8.14. The smallest absolute Gasteiger partial charge is 0.204 e. The average molecular weight is 128 g/mol. The van der Waals surface area contributed by atoms with Crippen LogP contribution >= 0.6 is 0 Å². The molecule has 0 fully saturated rings. The molecular formula is C5H8N2O2. The summed E-state index contributed by atoms with van der Waals surface area (Å²) in [6.45, 7) is 0.631. The quantitative estimate of drug-likeness (QED) is 0.227. The van der Waals surface area contributed by atoms with E-state index >= 15 is 0 Å². The Balaban J connectivity index is 2.61. The van der Waals surface area contributed by atoms with Crippen LogP contribution in [0.1, 0.15) is 6.42 Å². The van der Waals surface area contributed by atoms with Gasteiger partial charge in [-0.05, 0) is 6.08 Å². The second-order valence-corrected chi connectivity index (χ2v) is 1.69. The van der Waals surface area contributed by atoms with Crippen molar-refractivity contribution in [2.45, 2.75) is 6.42 Å². The fourth-order valence-electron chi connectivity index (χ4n) is 0.646. The minimum Gasteiger partial charge on any atom is -0.490 e. The van der Waals surface area contributed by atoms with Crippen LogP contribution in [0.15, 0.2) is 17.0 Å². The Hall–Kier alpha value is -1.19. The number of nitrogens with two attached hydrogens (primary N) is 1. The molecule has 0 saturated carbocycles. The van der Waals surface area contributed by atoms with Crippen LogP contribution in [-0.2, 0) is 4.74 Å². The minimum atomic E-state index is 0.0486. The molecule has 0 aromatic heterocycles. The molecule has 0 atom stereocenters. The van der Waals surface area contributed by atoms with Gasteiger partial charge in [0.1, 0.15) is 0 Å². The summed E-state index contributed by atoms with van der Waals surface area (Å²) in [5.41, 5.74) is 5.18. The van der Waals surface area contributed by atoms with Crippen molar-refractivity contribution in [2.75, 3.05) is 6.61 Å². The standard InChI is InChI=1S/C5H8N2O2/c6-5(7-8)4-2-1-3-9-4/h2,8H,1,3H2,(H2,6,7). The van der Waals surface area contributed by atoms with Gasteiger partial charge in [-0.25, -0.2) is 0 Å². The van der Waals surface area contributed by atoms with E-state index in [0.29, 0.717) is 12.4 Å². The first-order valence-corrected chi connectivity index (χ1v) is 2.65. The van der Waals surface area contributed by atoms with Gasteiger partial charge in [0.15, 0.2) is 5.76 Å². The second kappa shape index (κ2) is 2.39. The fraction of sp³-hybridized carbons (Fsp3) is 0.400. The molecule has 1 heterocycles. The number of hydrogen-bond acceptors (Lipinski definition) is 3. The monoisotopic (exact) mass is 128 g/mol. The van der Waals surface area contributed by atoms with Crippen molar-refractivity contribution >= 4 is 5.84 Å². The lowest BCUT2D eigenvalue weighted by Crippen LogP contribution is -2.14. The molecule has 1 aliphatic rings. The zero-order valence-electron chi connectivity index (χ0n) is 4.87. The molecule has 0 aromatic carbocycles. The lowest BCUT2D eigenvalue weighted by Gasteiger charge is -1.97. The highest BCUT2D eigenvalue weighted by Gasteiger charge is 2.08. The van der Waals surface area contributed by atoms with E-state index in [2.05, 4.69) is 5.16 Å². The highest BCUT2D eigenvalue weighted by Crippen LogP contribution is 2.07. The Labute approximate surface area is 52.6 Å². The van der Waals surface area contributed by atoms with E-state index in [4.69, 9.17) is 15.7 Å². The molecule has 50 valence electrons. The summed E-state index contributed by atoms with van der Waals surface area (Å²) in [7, 11) is 0. The zero-order valence-corrected chi connectivity index (χ0v) is 4.87. The van der Waals surface area contributed by atoms with Crippen LogP contribution < -0.4 is 5.73 Å². The molecule has 0 radical (unpaired) electrons. The van der Waals surface area contributed by atoms with Gasteiger partial charge in [-0.2, -0.15) is 0 Å². The number of rotatable bonds is 1. The SMILES string of the molecule is N/C(=N\O)C1=CCCO1. The van der Waals surface area contributed by atoms with Gasteiger partial charge < -0.3 is 15.7 Å². The van der Waals surface area contributed by atoms with Crippen LogP contribution in [0.3, 0.4) is 0 Å². The van der Waals surface area contributed by atoms with Crippen LogP contribution in [0.5, 0.6) is 0 Å². The molecule has 3 N–H and O–H groups in total. The van der Waals surface area contributed by atoms with Crippen molar-refractivity contribution in [1.29, 1.82) is 0 Å². The molecule has 0 unspecified atom stereocenters. The van der Waals surface area contributed by atoms with Crippen LogP contribution in [-0.4, -0.2) is 17.6 Å². The van der Waals surface area contributed by atoms with Gasteiger partial charge in [0.05, 0.1) is 6.61 Å². The first-order valence-electron chi connectivity index (χ1n) is 2.65. The maximum Gasteiger partial charge on any atom is 0.204 e. The van der Waals surface area contributed by atoms with Crippen molar-refractivity contribution in [3.8, 4) is 0 Å². The predicted octanol–water partition coefficient (Wildman–Crippen LogP) is 0.0370. The Morgan fingerprint density at radius 1 is 1.89 bits per heavy atom. The number of amidine groups is 1. The van der Waals surface area contributed by atoms with E-state index in [9.17, 15) is 0 Å². The van der Waals surface area contributed by atoms with Gasteiger partial charge in [0.25, 0.3) is 0 Å². The molecule has 1 rings (SSSR count). The molecule has 0 aliphatic carbocycles. The van der Waals surface area contributed by atoms with Crippen molar-refractivity contribution in [2.24, 2.45) is 10.9 Å². The third kappa shape index (κ3) is 1.13. The Morgan fingerprint density at radius 2 is 2.67 bits per heavy atom. The highest BCUT2D eigenvalue weighted by molar-refractivity contribution is 5.94. The van der Waals surface area contributed by atoms with Crippen LogP contribution in [0, 0.1) is 0 Å². The van der Waals surface area contributed by atoms with Gasteiger partial charge in [0.2, 0.25) is 5.84 Å². The molecule has 0 aromatic rings. The molecule has 0 spiro atoms. The lowest BCUT2D eigenvalue weighted by atomic mass is 10.4. The Kier molecular flexibility index (Phi) is 1.58. The van der Waals surface area contributed by atoms with Gasteiger partial charge in [-0.1, -0.05) is 5.16 Å². The van der Waals surface area contributed by atoms with E-state index < -0.39 is 0 Å². The molecule has 1 aliphatic heterocycles. The second-order valence-electron chi connectivity index (χ2n) is 1.69. The van der Waals surface area contributed by atoms with Gasteiger partial charge in [-0.15, -0.1) is 0 Å². The van der Waals surface area contributed by atoms with E-state index in [-0.39, 0.29) is 5.84 Å². The molecule has 4 heteroatoms. The lowest BCUT2D eigenvalue weighted by molar-refractivity contribution is 0.256. The fourth-order valence-corrected chi connectivity index (χ4v) is 0.646. The molecule has 0 bridgehead atoms. The minimum absolute atomic E-state index is 0.0486. The topological polar surface area (TPSA) is 67.8 Å². The van der Waals surface area contributed by atoms with Gasteiger partial charge in [0, 0.05) is 6.42 Å². The third-order valence-corrected chi connectivity index (χ3v) is 1.07. The van der Waals surface area contributed by atoms with Crippen molar-refractivity contribution in [1.82, 2.24) is 0 Å². The summed E-state index contributed by atoms with van der Waals surface area (Å²) in [4.78, 5) is 0. The summed E-state index contributed by atoms with van der Waals surface area (Å²) in [6.07, 6.45) is 2.63. The van der Waals surface area contributed by atoms with Crippen molar-refractivity contribution in [3.05, 3.63) is 11.8 Å². The van der Waals surface area contributed by atoms with Crippen LogP contribution in [0.25, 0.3) is 0 Å². The largest absolute Gasteiger partial charge is 0.490 e. The number of ether oxygens (including phenoxy) is 1. The summed E-state index contributed by atoms with van der Waals surface area (Å²) < 4.78 is 4.95. The summed E-state index contributed by atoms with van der Waals surface area (Å²) in [6, 6.07) is 0. The molecular weight excluding hydrogens is 120 g/mol. The number of hydrogen-bond donors (Lipinski definition) is 2. The maximum atomic E-state index is 8.14. The third-order valence-electron chi connectivity index (χ3n) is 1.07. The summed E-state index contributed by atoms with van der Waals surface area (Å²) >= 11 is 0. The van der Waals surface area contributed by atoms with Gasteiger partial charge in [-0.3, -0.25) is 0 Å². The number of nitrogens with zero attached hydrogens (tertiary/aromatic N) is 1. The normalized spacial score (nSPS) is 19.1. The molecule has 0 saturated heterocycles. The van der Waals surface area contributed by atoms with E-state index in [1.54, 1.807) is 6.08 Å². The molecule has 0 amide bonds. The Bertz CT molecular complexity index is 162. The first-order chi connectivity index (χ1) is 4.34. The van der Waals surface area contributed by atoms with Crippen molar-refractivity contribution < 1.29 is 9.94 Å². The van der Waals surface area contributed by atoms with Crippen LogP contribution in [0.2, 0.25) is 0 Å². The summed E-state index contributed by atoms with van der Waals surface area (Å²) in [5, 5.41) is 10.9. The van der Waals surface area contributed by atoms with E-state index in [0.717, 1.165) is 6.42 Å². The molecule has 4 nitrogen and oxygen atoms in total. The van der Waals surface area contributed by atoms with E-state index in [1.165, 1.54) is 0 Å².